The number of anilines is 2. The van der Waals surface area contributed by atoms with Gasteiger partial charge in [-0.25, -0.2) is 4.79 Å². The summed E-state index contributed by atoms with van der Waals surface area (Å²) in [6, 6.07) is 9.40. The number of nitro benzene ring substituents is 1. The fourth-order valence-electron chi connectivity index (χ4n) is 3.23. The molecule has 9 nitrogen and oxygen atoms in total. The Kier molecular flexibility index (Phi) is 6.10. The predicted octanol–water partition coefficient (Wildman–Crippen LogP) is 3.13. The van der Waals surface area contributed by atoms with Gasteiger partial charge in [0.2, 0.25) is 5.91 Å². The van der Waals surface area contributed by atoms with Gasteiger partial charge < -0.3 is 15.0 Å². The first-order valence-electron chi connectivity index (χ1n) is 9.40. The molecular formula is C21H21N3O6. The van der Waals surface area contributed by atoms with Gasteiger partial charge in [0.25, 0.3) is 11.6 Å². The van der Waals surface area contributed by atoms with Crippen LogP contribution in [0.25, 0.3) is 0 Å². The molecule has 0 bridgehead atoms. The molecule has 9 heteroatoms. The predicted molar refractivity (Wildman–Crippen MR) is 110 cm³/mol. The van der Waals surface area contributed by atoms with Crippen LogP contribution in [0, 0.1) is 24.0 Å². The summed E-state index contributed by atoms with van der Waals surface area (Å²) >= 11 is 0. The van der Waals surface area contributed by atoms with Crippen molar-refractivity contribution in [1.29, 1.82) is 0 Å². The Labute approximate surface area is 172 Å². The second-order valence-corrected chi connectivity index (χ2v) is 7.00. The molecule has 0 atom stereocenters. The molecule has 0 unspecified atom stereocenters. The van der Waals surface area contributed by atoms with E-state index in [1.165, 1.54) is 23.1 Å². The number of ether oxygens (including phenoxy) is 1. The summed E-state index contributed by atoms with van der Waals surface area (Å²) in [5.41, 5.74) is 1.91. The lowest BCUT2D eigenvalue weighted by Gasteiger charge is -2.18. The van der Waals surface area contributed by atoms with Crippen LogP contribution in [0.15, 0.2) is 36.4 Å². The minimum Gasteiger partial charge on any atom is -0.452 e. The van der Waals surface area contributed by atoms with Gasteiger partial charge in [0.1, 0.15) is 5.69 Å². The molecule has 1 N–H and O–H groups in total. The van der Waals surface area contributed by atoms with Crippen molar-refractivity contribution in [2.24, 2.45) is 0 Å². The Morgan fingerprint density at radius 3 is 2.57 bits per heavy atom. The normalized spacial score (nSPS) is 13.3. The third-order valence-electron chi connectivity index (χ3n) is 4.91. The third kappa shape index (κ3) is 4.45. The van der Waals surface area contributed by atoms with E-state index in [1.807, 2.05) is 0 Å². The molecule has 30 heavy (non-hydrogen) atoms. The zero-order valence-electron chi connectivity index (χ0n) is 16.6. The number of carbonyl (C=O) groups is 3. The van der Waals surface area contributed by atoms with Gasteiger partial charge in [-0.05, 0) is 49.6 Å². The molecule has 1 heterocycles. The molecule has 1 fully saturated rings. The SMILES string of the molecule is Cc1cc(NC(=O)COC(=O)c2ccccc2N2CCCC2=O)c([N+](=O)[O-])cc1C. The zero-order chi connectivity index (χ0) is 21.8. The summed E-state index contributed by atoms with van der Waals surface area (Å²) in [5, 5.41) is 13.7. The molecule has 2 aromatic rings. The molecule has 0 aromatic heterocycles. The molecule has 0 aliphatic carbocycles. The number of nitro groups is 1. The van der Waals surface area contributed by atoms with Crippen LogP contribution in [-0.2, 0) is 14.3 Å². The maximum atomic E-state index is 12.5. The number of rotatable bonds is 6. The number of carbonyl (C=O) groups excluding carboxylic acids is 3. The monoisotopic (exact) mass is 411 g/mol. The fraction of sp³-hybridized carbons (Fsp3) is 0.286. The molecular weight excluding hydrogens is 390 g/mol. The Balaban J connectivity index is 1.69. The van der Waals surface area contributed by atoms with E-state index in [-0.39, 0.29) is 22.8 Å². The number of hydrogen-bond acceptors (Lipinski definition) is 6. The Morgan fingerprint density at radius 2 is 1.90 bits per heavy atom. The summed E-state index contributed by atoms with van der Waals surface area (Å²) in [6.07, 6.45) is 1.12. The lowest BCUT2D eigenvalue weighted by atomic mass is 10.1. The average Bonchev–Trinajstić information content (AvgIpc) is 3.14. The summed E-state index contributed by atoms with van der Waals surface area (Å²) < 4.78 is 5.09. The van der Waals surface area contributed by atoms with Crippen molar-refractivity contribution in [3.63, 3.8) is 0 Å². The Bertz CT molecular complexity index is 1030. The van der Waals surface area contributed by atoms with Gasteiger partial charge in [-0.2, -0.15) is 0 Å². The van der Waals surface area contributed by atoms with Crippen LogP contribution in [0.3, 0.4) is 0 Å². The zero-order valence-corrected chi connectivity index (χ0v) is 16.6. The first-order valence-corrected chi connectivity index (χ1v) is 9.40. The lowest BCUT2D eigenvalue weighted by molar-refractivity contribution is -0.384. The molecule has 3 rings (SSSR count). The van der Waals surface area contributed by atoms with Crippen LogP contribution in [0.2, 0.25) is 0 Å². The Hall–Kier alpha value is -3.75. The van der Waals surface area contributed by atoms with E-state index in [1.54, 1.807) is 32.0 Å². The van der Waals surface area contributed by atoms with Gasteiger partial charge in [-0.15, -0.1) is 0 Å². The number of benzene rings is 2. The molecule has 2 aromatic carbocycles. The fourth-order valence-corrected chi connectivity index (χ4v) is 3.23. The standard InChI is InChI=1S/C21H21N3O6/c1-13-10-16(18(24(28)29)11-14(13)2)22-19(25)12-30-21(27)15-6-3-4-7-17(15)23-9-5-8-20(23)26/h3-4,6-7,10-11H,5,8-9,12H2,1-2H3,(H,22,25). The van der Waals surface area contributed by atoms with Crippen molar-refractivity contribution in [2.75, 3.05) is 23.4 Å². The summed E-state index contributed by atoms with van der Waals surface area (Å²) in [6.45, 7) is 3.40. The molecule has 1 aliphatic heterocycles. The average molecular weight is 411 g/mol. The number of nitrogens with zero attached hydrogens (tertiary/aromatic N) is 2. The van der Waals surface area contributed by atoms with Crippen LogP contribution in [-0.4, -0.2) is 35.9 Å². The highest BCUT2D eigenvalue weighted by Gasteiger charge is 2.26. The molecule has 2 amide bonds. The highest BCUT2D eigenvalue weighted by molar-refractivity contribution is 6.04. The van der Waals surface area contributed by atoms with E-state index in [0.717, 1.165) is 11.1 Å². The first kappa shape index (κ1) is 21.0. The number of nitrogens with one attached hydrogen (secondary N) is 1. The highest BCUT2D eigenvalue weighted by atomic mass is 16.6. The molecule has 0 radical (unpaired) electrons. The second kappa shape index (κ2) is 8.73. The number of amides is 2. The van der Waals surface area contributed by atoms with Crippen LogP contribution in [0.4, 0.5) is 17.1 Å². The number of hydrogen-bond donors (Lipinski definition) is 1. The molecule has 1 saturated heterocycles. The number of para-hydroxylation sites is 1. The van der Waals surface area contributed by atoms with Crippen LogP contribution < -0.4 is 10.2 Å². The largest absolute Gasteiger partial charge is 0.452 e. The quantitative estimate of drug-likeness (QED) is 0.443. The van der Waals surface area contributed by atoms with Crippen molar-refractivity contribution in [1.82, 2.24) is 0 Å². The first-order chi connectivity index (χ1) is 14.3. The number of aryl methyl sites for hydroxylation is 2. The summed E-state index contributed by atoms with van der Waals surface area (Å²) in [4.78, 5) is 48.9. The van der Waals surface area contributed by atoms with Crippen molar-refractivity contribution < 1.29 is 24.0 Å². The van der Waals surface area contributed by atoms with Crippen LogP contribution >= 0.6 is 0 Å². The second-order valence-electron chi connectivity index (χ2n) is 7.00. The van der Waals surface area contributed by atoms with Crippen LogP contribution in [0.5, 0.6) is 0 Å². The molecule has 156 valence electrons. The van der Waals surface area contributed by atoms with Crippen molar-refractivity contribution >= 4 is 34.8 Å². The van der Waals surface area contributed by atoms with Gasteiger partial charge in [0.15, 0.2) is 6.61 Å². The van der Waals surface area contributed by atoms with Crippen molar-refractivity contribution in [2.45, 2.75) is 26.7 Å². The maximum absolute atomic E-state index is 12.5. The minimum absolute atomic E-state index is 0.0345. The van der Waals surface area contributed by atoms with Crippen molar-refractivity contribution in [3.8, 4) is 0 Å². The van der Waals surface area contributed by atoms with Crippen molar-refractivity contribution in [3.05, 3.63) is 63.2 Å². The van der Waals surface area contributed by atoms with E-state index < -0.39 is 23.4 Å². The van der Waals surface area contributed by atoms with E-state index >= 15 is 0 Å². The maximum Gasteiger partial charge on any atom is 0.340 e. The van der Waals surface area contributed by atoms with Gasteiger partial charge in [-0.1, -0.05) is 12.1 Å². The number of esters is 1. The topological polar surface area (TPSA) is 119 Å². The Morgan fingerprint density at radius 1 is 1.20 bits per heavy atom. The van der Waals surface area contributed by atoms with Gasteiger partial charge in [0, 0.05) is 19.0 Å². The van der Waals surface area contributed by atoms with Gasteiger partial charge in [0.05, 0.1) is 16.2 Å². The van der Waals surface area contributed by atoms with E-state index in [4.69, 9.17) is 4.74 Å². The van der Waals surface area contributed by atoms with E-state index in [9.17, 15) is 24.5 Å². The minimum atomic E-state index is -0.755. The lowest BCUT2D eigenvalue weighted by Crippen LogP contribution is -2.27. The van der Waals surface area contributed by atoms with Gasteiger partial charge in [-0.3, -0.25) is 19.7 Å². The third-order valence-corrected chi connectivity index (χ3v) is 4.91. The smallest absolute Gasteiger partial charge is 0.340 e. The highest BCUT2D eigenvalue weighted by Crippen LogP contribution is 2.28. The van der Waals surface area contributed by atoms with Crippen LogP contribution in [0.1, 0.15) is 34.3 Å². The van der Waals surface area contributed by atoms with Gasteiger partial charge >= 0.3 is 5.97 Å². The molecule has 0 saturated carbocycles. The molecule has 1 aliphatic rings. The summed E-state index contributed by atoms with van der Waals surface area (Å²) in [5.74, 6) is -1.53. The van der Waals surface area contributed by atoms with E-state index in [2.05, 4.69) is 5.32 Å². The molecule has 0 spiro atoms. The summed E-state index contributed by atoms with van der Waals surface area (Å²) in [7, 11) is 0. The van der Waals surface area contributed by atoms with E-state index in [0.29, 0.717) is 25.1 Å².